The molecule has 66 valence electrons. The Morgan fingerprint density at radius 1 is 1.46 bits per heavy atom. The Balaban J connectivity index is 2.27. The Morgan fingerprint density at radius 3 is 3.08 bits per heavy atom. The SMILES string of the molecule is O=C1CCC=C(c2cccnc2)S1. The van der Waals surface area contributed by atoms with Crippen LogP contribution in [0, 0.1) is 0 Å². The summed E-state index contributed by atoms with van der Waals surface area (Å²) in [4.78, 5) is 16.2. The fourth-order valence-corrected chi connectivity index (χ4v) is 2.13. The quantitative estimate of drug-likeness (QED) is 0.683. The topological polar surface area (TPSA) is 30.0 Å². The zero-order chi connectivity index (χ0) is 9.10. The van der Waals surface area contributed by atoms with Gasteiger partial charge in [0.05, 0.1) is 0 Å². The van der Waals surface area contributed by atoms with Crippen molar-refractivity contribution in [3.05, 3.63) is 36.2 Å². The van der Waals surface area contributed by atoms with E-state index in [4.69, 9.17) is 0 Å². The highest BCUT2D eigenvalue weighted by atomic mass is 32.2. The van der Waals surface area contributed by atoms with Crippen molar-refractivity contribution in [2.75, 3.05) is 0 Å². The third-order valence-electron chi connectivity index (χ3n) is 1.85. The smallest absolute Gasteiger partial charge is 0.194 e. The predicted octanol–water partition coefficient (Wildman–Crippen LogP) is 2.48. The van der Waals surface area contributed by atoms with Gasteiger partial charge in [0, 0.05) is 29.3 Å². The number of carbonyl (C=O) groups excluding carboxylic acids is 1. The van der Waals surface area contributed by atoms with Gasteiger partial charge in [0.2, 0.25) is 0 Å². The lowest BCUT2D eigenvalue weighted by atomic mass is 10.2. The number of nitrogens with zero attached hydrogens (tertiary/aromatic N) is 1. The maximum absolute atomic E-state index is 11.1. The number of hydrogen-bond acceptors (Lipinski definition) is 3. The number of rotatable bonds is 1. The van der Waals surface area contributed by atoms with E-state index in [1.165, 1.54) is 11.8 Å². The number of aromatic nitrogens is 1. The van der Waals surface area contributed by atoms with Gasteiger partial charge in [0.1, 0.15) is 0 Å². The molecular formula is C10H9NOS. The van der Waals surface area contributed by atoms with Crippen molar-refractivity contribution >= 4 is 21.8 Å². The lowest BCUT2D eigenvalue weighted by Crippen LogP contribution is -1.97. The van der Waals surface area contributed by atoms with Crippen LogP contribution in [0.15, 0.2) is 30.6 Å². The molecule has 13 heavy (non-hydrogen) atoms. The summed E-state index contributed by atoms with van der Waals surface area (Å²) in [7, 11) is 0. The Kier molecular flexibility index (Phi) is 2.45. The zero-order valence-electron chi connectivity index (χ0n) is 7.06. The summed E-state index contributed by atoms with van der Waals surface area (Å²) < 4.78 is 0. The van der Waals surface area contributed by atoms with Crippen LogP contribution in [0.3, 0.4) is 0 Å². The molecule has 1 aliphatic rings. The normalized spacial score (nSPS) is 16.9. The maximum atomic E-state index is 11.1. The molecule has 3 heteroatoms. The second kappa shape index (κ2) is 3.75. The van der Waals surface area contributed by atoms with Crippen LogP contribution < -0.4 is 0 Å². The van der Waals surface area contributed by atoms with Crippen molar-refractivity contribution in [1.29, 1.82) is 0 Å². The van der Waals surface area contributed by atoms with Gasteiger partial charge in [0.25, 0.3) is 0 Å². The van der Waals surface area contributed by atoms with E-state index in [0.29, 0.717) is 6.42 Å². The molecule has 0 aromatic carbocycles. The van der Waals surface area contributed by atoms with Gasteiger partial charge in [-0.15, -0.1) is 0 Å². The molecule has 2 heterocycles. The minimum atomic E-state index is 0.251. The van der Waals surface area contributed by atoms with E-state index in [2.05, 4.69) is 11.1 Å². The standard InChI is InChI=1S/C10H9NOS/c12-10-5-1-4-9(13-10)8-3-2-6-11-7-8/h2-4,6-7H,1,5H2. The summed E-state index contributed by atoms with van der Waals surface area (Å²) in [5.74, 6) is 0. The van der Waals surface area contributed by atoms with E-state index in [9.17, 15) is 4.79 Å². The molecule has 0 amide bonds. The average molecular weight is 191 g/mol. The van der Waals surface area contributed by atoms with Crippen molar-refractivity contribution in [1.82, 2.24) is 4.98 Å². The molecule has 0 N–H and O–H groups in total. The summed E-state index contributed by atoms with van der Waals surface area (Å²) in [5, 5.41) is 0.251. The van der Waals surface area contributed by atoms with Crippen LogP contribution in [-0.2, 0) is 4.79 Å². The number of thioether (sulfide) groups is 1. The second-order valence-corrected chi connectivity index (χ2v) is 3.92. The highest BCUT2D eigenvalue weighted by molar-refractivity contribution is 8.21. The van der Waals surface area contributed by atoms with Gasteiger partial charge in [-0.1, -0.05) is 23.9 Å². The molecule has 0 bridgehead atoms. The van der Waals surface area contributed by atoms with Crippen LogP contribution in [0.2, 0.25) is 0 Å². The first kappa shape index (κ1) is 8.51. The molecule has 0 fully saturated rings. The van der Waals surface area contributed by atoms with Crippen LogP contribution in [0.4, 0.5) is 0 Å². The molecule has 2 nitrogen and oxygen atoms in total. The van der Waals surface area contributed by atoms with Gasteiger partial charge in [-0.25, -0.2) is 0 Å². The third-order valence-corrected chi connectivity index (χ3v) is 2.90. The van der Waals surface area contributed by atoms with Gasteiger partial charge in [0.15, 0.2) is 5.12 Å². The summed E-state index contributed by atoms with van der Waals surface area (Å²) in [6.45, 7) is 0. The molecule has 0 saturated heterocycles. The fourth-order valence-electron chi connectivity index (χ4n) is 1.22. The number of pyridine rings is 1. The predicted molar refractivity (Wildman–Crippen MR) is 54.0 cm³/mol. The zero-order valence-corrected chi connectivity index (χ0v) is 7.88. The van der Waals surface area contributed by atoms with E-state index in [0.717, 1.165) is 16.9 Å². The molecule has 1 aliphatic heterocycles. The van der Waals surface area contributed by atoms with Crippen molar-refractivity contribution in [2.24, 2.45) is 0 Å². The largest absolute Gasteiger partial charge is 0.287 e. The number of carbonyl (C=O) groups is 1. The lowest BCUT2D eigenvalue weighted by molar-refractivity contribution is -0.110. The highest BCUT2D eigenvalue weighted by Gasteiger charge is 2.13. The van der Waals surface area contributed by atoms with Crippen LogP contribution in [0.25, 0.3) is 4.91 Å². The molecule has 0 saturated carbocycles. The first-order valence-electron chi connectivity index (χ1n) is 4.17. The Hall–Kier alpha value is -1.09. The fraction of sp³-hybridized carbons (Fsp3) is 0.200. The Bertz CT molecular complexity index is 345. The van der Waals surface area contributed by atoms with E-state index in [-0.39, 0.29) is 5.12 Å². The van der Waals surface area contributed by atoms with Crippen LogP contribution in [0.5, 0.6) is 0 Å². The maximum Gasteiger partial charge on any atom is 0.194 e. The molecule has 1 aromatic heterocycles. The molecular weight excluding hydrogens is 182 g/mol. The van der Waals surface area contributed by atoms with Crippen LogP contribution in [-0.4, -0.2) is 10.1 Å². The van der Waals surface area contributed by atoms with Crippen LogP contribution >= 0.6 is 11.8 Å². The molecule has 0 atom stereocenters. The van der Waals surface area contributed by atoms with Gasteiger partial charge in [-0.05, 0) is 12.5 Å². The van der Waals surface area contributed by atoms with E-state index in [1.807, 2.05) is 12.1 Å². The summed E-state index contributed by atoms with van der Waals surface area (Å²) in [6.07, 6.45) is 7.14. The van der Waals surface area contributed by atoms with Crippen molar-refractivity contribution in [3.8, 4) is 0 Å². The van der Waals surface area contributed by atoms with E-state index in [1.54, 1.807) is 12.4 Å². The van der Waals surface area contributed by atoms with E-state index < -0.39 is 0 Å². The number of hydrogen-bond donors (Lipinski definition) is 0. The Labute approximate surface area is 81.1 Å². The van der Waals surface area contributed by atoms with Crippen molar-refractivity contribution in [3.63, 3.8) is 0 Å². The monoisotopic (exact) mass is 191 g/mol. The minimum Gasteiger partial charge on any atom is -0.287 e. The summed E-state index contributed by atoms with van der Waals surface area (Å²) in [6, 6.07) is 3.86. The summed E-state index contributed by atoms with van der Waals surface area (Å²) >= 11 is 1.32. The van der Waals surface area contributed by atoms with Gasteiger partial charge in [-0.3, -0.25) is 9.78 Å². The van der Waals surface area contributed by atoms with Crippen LogP contribution in [0.1, 0.15) is 18.4 Å². The lowest BCUT2D eigenvalue weighted by Gasteiger charge is -2.10. The molecule has 0 radical (unpaired) electrons. The second-order valence-electron chi connectivity index (χ2n) is 2.82. The van der Waals surface area contributed by atoms with Gasteiger partial charge < -0.3 is 0 Å². The molecule has 0 unspecified atom stereocenters. The highest BCUT2D eigenvalue weighted by Crippen LogP contribution is 2.32. The van der Waals surface area contributed by atoms with Crippen molar-refractivity contribution < 1.29 is 4.79 Å². The van der Waals surface area contributed by atoms with Crippen molar-refractivity contribution in [2.45, 2.75) is 12.8 Å². The molecule has 0 aliphatic carbocycles. The average Bonchev–Trinajstić information content (AvgIpc) is 2.19. The summed E-state index contributed by atoms with van der Waals surface area (Å²) in [5.41, 5.74) is 1.04. The minimum absolute atomic E-state index is 0.251. The first-order chi connectivity index (χ1) is 6.36. The molecule has 2 rings (SSSR count). The Morgan fingerprint density at radius 2 is 2.38 bits per heavy atom. The van der Waals surface area contributed by atoms with E-state index >= 15 is 0 Å². The first-order valence-corrected chi connectivity index (χ1v) is 4.99. The van der Waals surface area contributed by atoms with Gasteiger partial charge in [-0.2, -0.15) is 0 Å². The van der Waals surface area contributed by atoms with Gasteiger partial charge >= 0.3 is 0 Å². The third kappa shape index (κ3) is 1.98. The molecule has 0 spiro atoms. The molecule has 1 aromatic rings. The number of allylic oxidation sites excluding steroid dienone is 1.